The molecule has 1 aliphatic carbocycles. The van der Waals surface area contributed by atoms with E-state index in [1.807, 2.05) is 12.1 Å². The third kappa shape index (κ3) is 2.21. The van der Waals surface area contributed by atoms with E-state index in [-0.39, 0.29) is 6.04 Å². The summed E-state index contributed by atoms with van der Waals surface area (Å²) in [7, 11) is 0. The topological polar surface area (TPSA) is 25.2 Å². The first-order valence-electron chi connectivity index (χ1n) is 6.72. The van der Waals surface area contributed by atoms with Crippen LogP contribution >= 0.6 is 0 Å². The molecule has 0 spiro atoms. The van der Waals surface area contributed by atoms with E-state index < -0.39 is 0 Å². The van der Waals surface area contributed by atoms with Crippen molar-refractivity contribution in [3.8, 4) is 0 Å². The molecule has 1 heterocycles. The molecule has 2 atom stereocenters. The van der Waals surface area contributed by atoms with Gasteiger partial charge in [0.1, 0.15) is 5.76 Å². The molecule has 2 unspecified atom stereocenters. The molecule has 0 saturated carbocycles. The maximum Gasteiger partial charge on any atom is 0.120 e. The minimum Gasteiger partial charge on any atom is -0.468 e. The van der Waals surface area contributed by atoms with Crippen molar-refractivity contribution < 1.29 is 4.42 Å². The molecule has 2 aromatic rings. The van der Waals surface area contributed by atoms with Crippen molar-refractivity contribution >= 4 is 0 Å². The van der Waals surface area contributed by atoms with Crippen LogP contribution in [0.4, 0.5) is 0 Å². The average molecular weight is 241 g/mol. The van der Waals surface area contributed by atoms with E-state index in [2.05, 4.69) is 36.5 Å². The van der Waals surface area contributed by atoms with Gasteiger partial charge in [-0.2, -0.15) is 0 Å². The molecular weight excluding hydrogens is 222 g/mol. The Hall–Kier alpha value is -1.54. The molecule has 18 heavy (non-hydrogen) atoms. The van der Waals surface area contributed by atoms with Gasteiger partial charge in [0, 0.05) is 6.04 Å². The minimum absolute atomic E-state index is 0.260. The molecule has 0 radical (unpaired) electrons. The Morgan fingerprint density at radius 1 is 1.22 bits per heavy atom. The van der Waals surface area contributed by atoms with Crippen LogP contribution in [0.1, 0.15) is 48.7 Å². The van der Waals surface area contributed by atoms with E-state index in [0.29, 0.717) is 6.04 Å². The number of rotatable bonds is 3. The van der Waals surface area contributed by atoms with Crippen LogP contribution in [0.2, 0.25) is 0 Å². The zero-order valence-corrected chi connectivity index (χ0v) is 10.7. The molecule has 3 rings (SSSR count). The van der Waals surface area contributed by atoms with Crippen LogP contribution in [0.3, 0.4) is 0 Å². The standard InChI is InChI=1S/C16H19NO/c1-12(16-10-5-11-18-16)17-15-9-4-7-13-6-2-3-8-14(13)15/h2-3,5-6,8,10-12,15,17H,4,7,9H2,1H3. The first kappa shape index (κ1) is 11.5. The van der Waals surface area contributed by atoms with Crippen LogP contribution in [0.25, 0.3) is 0 Å². The summed E-state index contributed by atoms with van der Waals surface area (Å²) in [4.78, 5) is 0. The Kier molecular flexibility index (Phi) is 3.20. The molecule has 0 bridgehead atoms. The van der Waals surface area contributed by atoms with Gasteiger partial charge in [-0.25, -0.2) is 0 Å². The van der Waals surface area contributed by atoms with Crippen molar-refractivity contribution in [1.82, 2.24) is 5.32 Å². The normalized spacial score (nSPS) is 20.4. The van der Waals surface area contributed by atoms with Crippen molar-refractivity contribution in [2.45, 2.75) is 38.3 Å². The lowest BCUT2D eigenvalue weighted by molar-refractivity contribution is 0.367. The lowest BCUT2D eigenvalue weighted by Crippen LogP contribution is -2.27. The van der Waals surface area contributed by atoms with Gasteiger partial charge < -0.3 is 9.73 Å². The molecule has 0 amide bonds. The van der Waals surface area contributed by atoms with E-state index in [1.54, 1.807) is 6.26 Å². The van der Waals surface area contributed by atoms with Gasteiger partial charge in [-0.05, 0) is 49.4 Å². The number of benzene rings is 1. The van der Waals surface area contributed by atoms with Crippen LogP contribution in [0, 0.1) is 0 Å². The molecule has 0 aliphatic heterocycles. The molecule has 1 N–H and O–H groups in total. The van der Waals surface area contributed by atoms with E-state index in [0.717, 1.165) is 5.76 Å². The summed E-state index contributed by atoms with van der Waals surface area (Å²) < 4.78 is 5.46. The van der Waals surface area contributed by atoms with Gasteiger partial charge >= 0.3 is 0 Å². The Morgan fingerprint density at radius 3 is 2.94 bits per heavy atom. The number of nitrogens with one attached hydrogen (secondary N) is 1. The smallest absolute Gasteiger partial charge is 0.120 e. The fourth-order valence-corrected chi connectivity index (χ4v) is 2.85. The number of hydrogen-bond acceptors (Lipinski definition) is 2. The lowest BCUT2D eigenvalue weighted by Gasteiger charge is -2.28. The van der Waals surface area contributed by atoms with E-state index in [4.69, 9.17) is 4.42 Å². The molecule has 0 fully saturated rings. The van der Waals surface area contributed by atoms with Gasteiger partial charge in [0.15, 0.2) is 0 Å². The second-order valence-corrected chi connectivity index (χ2v) is 5.05. The molecule has 2 heteroatoms. The molecule has 94 valence electrons. The maximum atomic E-state index is 5.46. The van der Waals surface area contributed by atoms with Crippen molar-refractivity contribution in [3.05, 3.63) is 59.5 Å². The zero-order chi connectivity index (χ0) is 12.4. The fourth-order valence-electron chi connectivity index (χ4n) is 2.85. The second kappa shape index (κ2) is 4.99. The van der Waals surface area contributed by atoms with E-state index in [1.165, 1.54) is 30.4 Å². The van der Waals surface area contributed by atoms with Crippen molar-refractivity contribution in [2.24, 2.45) is 0 Å². The molecule has 1 aliphatic rings. The van der Waals surface area contributed by atoms with Crippen LogP contribution in [0.5, 0.6) is 0 Å². The molecule has 0 saturated heterocycles. The van der Waals surface area contributed by atoms with E-state index in [9.17, 15) is 0 Å². The summed E-state index contributed by atoms with van der Waals surface area (Å²) in [5, 5.41) is 3.68. The first-order chi connectivity index (χ1) is 8.84. The lowest BCUT2D eigenvalue weighted by atomic mass is 9.87. The summed E-state index contributed by atoms with van der Waals surface area (Å²) in [5.74, 6) is 1.01. The second-order valence-electron chi connectivity index (χ2n) is 5.05. The van der Waals surface area contributed by atoms with Gasteiger partial charge in [0.2, 0.25) is 0 Å². The summed E-state index contributed by atoms with van der Waals surface area (Å²) >= 11 is 0. The van der Waals surface area contributed by atoms with Gasteiger partial charge in [-0.15, -0.1) is 0 Å². The van der Waals surface area contributed by atoms with Gasteiger partial charge in [-0.1, -0.05) is 24.3 Å². The van der Waals surface area contributed by atoms with Crippen molar-refractivity contribution in [3.63, 3.8) is 0 Å². The Bertz CT molecular complexity index is 504. The molecular formula is C16H19NO. The quantitative estimate of drug-likeness (QED) is 0.878. The highest BCUT2D eigenvalue weighted by atomic mass is 16.3. The summed E-state index contributed by atoms with van der Waals surface area (Å²) in [6.45, 7) is 2.16. The van der Waals surface area contributed by atoms with Crippen LogP contribution in [0.15, 0.2) is 47.1 Å². The monoisotopic (exact) mass is 241 g/mol. The van der Waals surface area contributed by atoms with Crippen LogP contribution < -0.4 is 5.32 Å². The highest BCUT2D eigenvalue weighted by Crippen LogP contribution is 2.31. The first-order valence-corrected chi connectivity index (χ1v) is 6.72. The number of hydrogen-bond donors (Lipinski definition) is 1. The van der Waals surface area contributed by atoms with Gasteiger partial charge in [-0.3, -0.25) is 0 Å². The fraction of sp³-hybridized carbons (Fsp3) is 0.375. The van der Waals surface area contributed by atoms with Gasteiger partial charge in [0.05, 0.1) is 12.3 Å². The maximum absolute atomic E-state index is 5.46. The third-order valence-corrected chi connectivity index (χ3v) is 3.79. The Labute approximate surface area is 108 Å². The zero-order valence-electron chi connectivity index (χ0n) is 10.7. The number of fused-ring (bicyclic) bond motifs is 1. The predicted octanol–water partition coefficient (Wildman–Crippen LogP) is 4.01. The highest BCUT2D eigenvalue weighted by Gasteiger charge is 2.22. The Balaban J connectivity index is 1.78. The highest BCUT2D eigenvalue weighted by molar-refractivity contribution is 5.32. The molecule has 2 nitrogen and oxygen atoms in total. The minimum atomic E-state index is 0.260. The van der Waals surface area contributed by atoms with Crippen molar-refractivity contribution in [1.29, 1.82) is 0 Å². The predicted molar refractivity (Wildman–Crippen MR) is 72.4 cm³/mol. The van der Waals surface area contributed by atoms with E-state index >= 15 is 0 Å². The number of aryl methyl sites for hydroxylation is 1. The largest absolute Gasteiger partial charge is 0.468 e. The summed E-state index contributed by atoms with van der Waals surface area (Å²) in [6.07, 6.45) is 5.42. The summed E-state index contributed by atoms with van der Waals surface area (Å²) in [6, 6.07) is 13.5. The average Bonchev–Trinajstić information content (AvgIpc) is 2.93. The third-order valence-electron chi connectivity index (χ3n) is 3.79. The van der Waals surface area contributed by atoms with Crippen LogP contribution in [-0.4, -0.2) is 0 Å². The molecule has 1 aromatic heterocycles. The van der Waals surface area contributed by atoms with Crippen LogP contribution in [-0.2, 0) is 6.42 Å². The number of furan rings is 1. The summed E-state index contributed by atoms with van der Waals surface area (Å²) in [5.41, 5.74) is 2.95. The molecule has 1 aromatic carbocycles. The SMILES string of the molecule is CC(NC1CCCc2ccccc21)c1ccco1. The van der Waals surface area contributed by atoms with Gasteiger partial charge in [0.25, 0.3) is 0 Å². The Morgan fingerprint density at radius 2 is 2.11 bits per heavy atom. The van der Waals surface area contributed by atoms with Crippen molar-refractivity contribution in [2.75, 3.05) is 0 Å².